The summed E-state index contributed by atoms with van der Waals surface area (Å²) in [6, 6.07) is 13.8. The highest BCUT2D eigenvalue weighted by Crippen LogP contribution is 2.27. The fraction of sp³-hybridized carbons (Fsp3) is 0.308. The summed E-state index contributed by atoms with van der Waals surface area (Å²) in [4.78, 5) is 48.5. The number of aromatic nitrogens is 2. The van der Waals surface area contributed by atoms with Crippen LogP contribution in [0.4, 0.5) is 17.3 Å². The number of nitro groups is 1. The average Bonchev–Trinajstić information content (AvgIpc) is 2.90. The van der Waals surface area contributed by atoms with E-state index in [-0.39, 0.29) is 23.1 Å². The summed E-state index contributed by atoms with van der Waals surface area (Å²) in [5.41, 5.74) is 1.19. The van der Waals surface area contributed by atoms with Crippen LogP contribution in [0.1, 0.15) is 22.8 Å². The van der Waals surface area contributed by atoms with Gasteiger partial charge in [-0.05, 0) is 37.3 Å². The van der Waals surface area contributed by atoms with E-state index in [1.54, 1.807) is 36.1 Å². The maximum absolute atomic E-state index is 13.2. The first-order valence-corrected chi connectivity index (χ1v) is 12.5. The summed E-state index contributed by atoms with van der Waals surface area (Å²) in [5, 5.41) is 18.1. The molecule has 0 spiro atoms. The molecule has 0 aliphatic carbocycles. The molecule has 2 aromatic carbocycles. The number of benzene rings is 2. The van der Waals surface area contributed by atoms with Crippen LogP contribution in [0, 0.1) is 17.0 Å². The highest BCUT2D eigenvalue weighted by Gasteiger charge is 2.29. The van der Waals surface area contributed by atoms with Gasteiger partial charge in [-0.25, -0.2) is 9.97 Å². The van der Waals surface area contributed by atoms with Gasteiger partial charge in [0.1, 0.15) is 17.2 Å². The highest BCUT2D eigenvalue weighted by atomic mass is 35.5. The lowest BCUT2D eigenvalue weighted by molar-refractivity contribution is -0.385. The van der Waals surface area contributed by atoms with Crippen molar-refractivity contribution < 1.29 is 14.5 Å². The lowest BCUT2D eigenvalue weighted by Gasteiger charge is -2.35. The summed E-state index contributed by atoms with van der Waals surface area (Å²) in [6.45, 7) is 5.77. The summed E-state index contributed by atoms with van der Waals surface area (Å²) >= 11 is 6.05. The normalized spacial score (nSPS) is 13.2. The number of piperazine rings is 1. The smallest absolute Gasteiger partial charge is 0.285 e. The Balaban J connectivity index is 1.52. The molecule has 0 bridgehead atoms. The Morgan fingerprint density at radius 3 is 2.42 bits per heavy atom. The van der Waals surface area contributed by atoms with Crippen molar-refractivity contribution in [2.45, 2.75) is 13.8 Å². The largest absolute Gasteiger partial charge is 0.368 e. The molecule has 38 heavy (non-hydrogen) atoms. The van der Waals surface area contributed by atoms with E-state index in [9.17, 15) is 19.7 Å². The number of carbonyl (C=O) groups is 2. The van der Waals surface area contributed by atoms with E-state index in [1.807, 2.05) is 18.2 Å². The van der Waals surface area contributed by atoms with Crippen molar-refractivity contribution in [3.8, 4) is 11.4 Å². The van der Waals surface area contributed by atoms with Crippen molar-refractivity contribution >= 4 is 40.7 Å². The molecule has 2 N–H and O–H groups in total. The summed E-state index contributed by atoms with van der Waals surface area (Å²) < 4.78 is 0. The molecule has 198 valence electrons. The zero-order valence-electron chi connectivity index (χ0n) is 21.1. The van der Waals surface area contributed by atoms with Gasteiger partial charge in [0.15, 0.2) is 5.82 Å². The van der Waals surface area contributed by atoms with Crippen LogP contribution in [0.3, 0.4) is 0 Å². The van der Waals surface area contributed by atoms with Crippen LogP contribution in [-0.4, -0.2) is 70.9 Å². The third-order valence-corrected chi connectivity index (χ3v) is 6.41. The molecular formula is C26H28ClN7O4. The molecule has 4 rings (SSSR count). The van der Waals surface area contributed by atoms with Crippen molar-refractivity contribution in [2.24, 2.45) is 0 Å². The molecule has 1 aromatic heterocycles. The van der Waals surface area contributed by atoms with E-state index < -0.39 is 4.92 Å². The first-order chi connectivity index (χ1) is 18.2. The molecule has 1 aliphatic heterocycles. The summed E-state index contributed by atoms with van der Waals surface area (Å²) in [7, 11) is 0. The second kappa shape index (κ2) is 11.9. The van der Waals surface area contributed by atoms with Crippen LogP contribution in [-0.2, 0) is 4.79 Å². The van der Waals surface area contributed by atoms with Gasteiger partial charge >= 0.3 is 0 Å². The van der Waals surface area contributed by atoms with Crippen molar-refractivity contribution in [1.82, 2.24) is 20.2 Å². The molecule has 1 fully saturated rings. The molecular weight excluding hydrogens is 510 g/mol. The topological polar surface area (TPSA) is 134 Å². The minimum atomic E-state index is -0.502. The van der Waals surface area contributed by atoms with Gasteiger partial charge in [0.05, 0.1) is 4.92 Å². The van der Waals surface area contributed by atoms with Gasteiger partial charge in [0.2, 0.25) is 5.91 Å². The van der Waals surface area contributed by atoms with Crippen molar-refractivity contribution in [3.05, 3.63) is 74.8 Å². The third kappa shape index (κ3) is 6.35. The van der Waals surface area contributed by atoms with E-state index in [0.29, 0.717) is 67.3 Å². The average molecular weight is 538 g/mol. The number of nitrogens with one attached hydrogen (secondary N) is 2. The Morgan fingerprint density at radius 1 is 1.05 bits per heavy atom. The van der Waals surface area contributed by atoms with E-state index in [2.05, 4.69) is 20.5 Å². The molecule has 0 unspecified atom stereocenters. The predicted molar refractivity (Wildman–Crippen MR) is 146 cm³/mol. The van der Waals surface area contributed by atoms with Crippen LogP contribution in [0.5, 0.6) is 0 Å². The summed E-state index contributed by atoms with van der Waals surface area (Å²) in [5.74, 6) is 1.32. The van der Waals surface area contributed by atoms with Crippen LogP contribution in [0.15, 0.2) is 48.5 Å². The monoisotopic (exact) mass is 537 g/mol. The van der Waals surface area contributed by atoms with Gasteiger partial charge in [0.25, 0.3) is 11.6 Å². The maximum Gasteiger partial charge on any atom is 0.285 e. The molecule has 0 saturated carbocycles. The van der Waals surface area contributed by atoms with Gasteiger partial charge < -0.3 is 20.4 Å². The number of para-hydroxylation sites is 1. The van der Waals surface area contributed by atoms with Gasteiger partial charge in [-0.2, -0.15) is 0 Å². The van der Waals surface area contributed by atoms with E-state index in [4.69, 9.17) is 16.6 Å². The number of carbonyl (C=O) groups excluding carboxylic acids is 2. The SMILES string of the molecule is CC(=O)NCCNc1cc(N2CCN(C(=O)c3cccc(C)c3[N+](=O)[O-])CC2)nc(-c2ccc(Cl)cc2)n1. The number of nitro benzene ring substituents is 1. The van der Waals surface area contributed by atoms with E-state index in [1.165, 1.54) is 13.0 Å². The molecule has 2 amide bonds. The molecule has 3 aromatic rings. The second-order valence-electron chi connectivity index (χ2n) is 8.86. The Bertz CT molecular complexity index is 1340. The Morgan fingerprint density at radius 2 is 1.76 bits per heavy atom. The lowest BCUT2D eigenvalue weighted by atomic mass is 10.1. The van der Waals surface area contributed by atoms with Gasteiger partial charge in [-0.15, -0.1) is 0 Å². The number of amides is 2. The minimum absolute atomic E-state index is 0.0983. The number of nitrogens with zero attached hydrogens (tertiary/aromatic N) is 5. The van der Waals surface area contributed by atoms with Crippen molar-refractivity contribution in [3.63, 3.8) is 0 Å². The van der Waals surface area contributed by atoms with Crippen LogP contribution in [0.2, 0.25) is 5.02 Å². The highest BCUT2D eigenvalue weighted by molar-refractivity contribution is 6.30. The number of aryl methyl sites for hydroxylation is 1. The number of hydrogen-bond donors (Lipinski definition) is 2. The van der Waals surface area contributed by atoms with Crippen LogP contribution >= 0.6 is 11.6 Å². The standard InChI is InChI=1S/C26H28ClN7O4/c1-17-4-3-5-21(24(17)34(37)38)26(36)33-14-12-32(13-15-33)23-16-22(29-11-10-28-18(2)35)30-25(31-23)19-6-8-20(27)9-7-19/h3-9,16H,10-15H2,1-2H3,(H,28,35)(H,29,30,31). The Labute approximate surface area is 225 Å². The lowest BCUT2D eigenvalue weighted by Crippen LogP contribution is -2.49. The van der Waals surface area contributed by atoms with E-state index >= 15 is 0 Å². The molecule has 2 heterocycles. The Hall–Kier alpha value is -4.25. The van der Waals surface area contributed by atoms with Gasteiger partial charge in [-0.3, -0.25) is 19.7 Å². The first-order valence-electron chi connectivity index (χ1n) is 12.1. The molecule has 11 nitrogen and oxygen atoms in total. The zero-order valence-corrected chi connectivity index (χ0v) is 21.9. The molecule has 12 heteroatoms. The number of anilines is 2. The molecule has 0 atom stereocenters. The summed E-state index contributed by atoms with van der Waals surface area (Å²) in [6.07, 6.45) is 0. The van der Waals surface area contributed by atoms with Crippen molar-refractivity contribution in [2.75, 3.05) is 49.5 Å². The predicted octanol–water partition coefficient (Wildman–Crippen LogP) is 3.52. The fourth-order valence-electron chi connectivity index (χ4n) is 4.23. The van der Waals surface area contributed by atoms with Crippen molar-refractivity contribution in [1.29, 1.82) is 0 Å². The number of hydrogen-bond acceptors (Lipinski definition) is 8. The Kier molecular flexibility index (Phi) is 8.37. The van der Waals surface area contributed by atoms with Crippen LogP contribution < -0.4 is 15.5 Å². The molecule has 1 aliphatic rings. The number of halogens is 1. The second-order valence-corrected chi connectivity index (χ2v) is 9.30. The quantitative estimate of drug-likeness (QED) is 0.253. The minimum Gasteiger partial charge on any atom is -0.368 e. The third-order valence-electron chi connectivity index (χ3n) is 6.16. The fourth-order valence-corrected chi connectivity index (χ4v) is 4.35. The molecule has 0 radical (unpaired) electrons. The number of rotatable bonds is 8. The maximum atomic E-state index is 13.2. The van der Waals surface area contributed by atoms with Gasteiger partial charge in [-0.1, -0.05) is 23.7 Å². The van der Waals surface area contributed by atoms with Gasteiger partial charge in [0, 0.05) is 68.4 Å². The first kappa shape index (κ1) is 26.8. The zero-order chi connectivity index (χ0) is 27.2. The van der Waals surface area contributed by atoms with Crippen LogP contribution in [0.25, 0.3) is 11.4 Å². The molecule has 1 saturated heterocycles. The van der Waals surface area contributed by atoms with E-state index in [0.717, 1.165) is 5.56 Å².